The summed E-state index contributed by atoms with van der Waals surface area (Å²) in [5, 5.41) is 20.1. The fourth-order valence-corrected chi connectivity index (χ4v) is 3.67. The fourth-order valence-electron chi connectivity index (χ4n) is 3.67. The minimum atomic E-state index is -1.52. The summed E-state index contributed by atoms with van der Waals surface area (Å²) in [5.74, 6) is -4.10. The van der Waals surface area contributed by atoms with Gasteiger partial charge < -0.3 is 36.5 Å². The Balaban J connectivity index is 1.74. The molecule has 12 heteroatoms. The number of amides is 1. The number of aliphatic carboxylic acids is 2. The van der Waals surface area contributed by atoms with Gasteiger partial charge in [0.1, 0.15) is 18.2 Å². The average Bonchev–Trinajstić information content (AvgIpc) is 2.80. The number of hydrogen-bond donors (Lipinski definition) is 5. The number of nitrogens with zero attached hydrogens (tertiary/aromatic N) is 1. The molecule has 0 aromatic rings. The second-order valence-electron chi connectivity index (χ2n) is 8.08. The number of carbonyl (C=O) groups excluding carboxylic acids is 2. The maximum absolute atomic E-state index is 12.4. The number of allylic oxidation sites excluding steroid dienone is 3. The van der Waals surface area contributed by atoms with Gasteiger partial charge in [-0.25, -0.2) is 14.6 Å². The number of aliphatic imine (C=N–C) groups is 1. The third-order valence-corrected chi connectivity index (χ3v) is 5.35. The molecule has 2 unspecified atom stereocenters. The molecule has 0 fully saturated rings. The Morgan fingerprint density at radius 1 is 1.17 bits per heavy atom. The van der Waals surface area contributed by atoms with Crippen LogP contribution in [0.3, 0.4) is 0 Å². The molecule has 36 heavy (non-hydrogen) atoms. The van der Waals surface area contributed by atoms with E-state index < -0.39 is 48.5 Å². The second kappa shape index (κ2) is 11.7. The van der Waals surface area contributed by atoms with Crippen molar-refractivity contribution in [3.05, 3.63) is 71.2 Å². The van der Waals surface area contributed by atoms with Crippen molar-refractivity contribution < 1.29 is 38.9 Å². The van der Waals surface area contributed by atoms with Crippen LogP contribution in [0.2, 0.25) is 0 Å². The number of rotatable bonds is 8. The monoisotopic (exact) mass is 498 g/mol. The maximum Gasteiger partial charge on any atom is 0.331 e. The molecule has 3 rings (SSSR count). The van der Waals surface area contributed by atoms with Crippen LogP contribution in [0.25, 0.3) is 0 Å². The van der Waals surface area contributed by atoms with E-state index in [1.54, 1.807) is 30.4 Å². The van der Waals surface area contributed by atoms with Crippen molar-refractivity contribution in [2.45, 2.75) is 43.9 Å². The molecule has 0 aromatic carbocycles. The summed E-state index contributed by atoms with van der Waals surface area (Å²) in [6.07, 6.45) is 11.7. The number of nitrogens with one attached hydrogen (secondary N) is 1. The summed E-state index contributed by atoms with van der Waals surface area (Å²) >= 11 is 0. The normalized spacial score (nSPS) is 23.8. The van der Waals surface area contributed by atoms with E-state index >= 15 is 0 Å². The highest BCUT2D eigenvalue weighted by Crippen LogP contribution is 2.28. The van der Waals surface area contributed by atoms with Gasteiger partial charge in [-0.2, -0.15) is 0 Å². The van der Waals surface area contributed by atoms with Crippen LogP contribution in [0.15, 0.2) is 76.2 Å². The molecule has 0 bridgehead atoms. The summed E-state index contributed by atoms with van der Waals surface area (Å²) in [5.41, 5.74) is 13.3. The molecule has 1 aliphatic heterocycles. The van der Waals surface area contributed by atoms with Crippen molar-refractivity contribution in [3.8, 4) is 0 Å². The number of ether oxygens (including phenoxy) is 2. The molecule has 1 amide bonds. The first kappa shape index (κ1) is 26.0. The van der Waals surface area contributed by atoms with E-state index in [4.69, 9.17) is 31.2 Å². The van der Waals surface area contributed by atoms with Crippen LogP contribution in [-0.4, -0.2) is 58.2 Å². The quantitative estimate of drug-likeness (QED) is 0.178. The molecular weight excluding hydrogens is 472 g/mol. The van der Waals surface area contributed by atoms with E-state index in [0.29, 0.717) is 28.8 Å². The number of carbonyl (C=O) groups is 4. The molecule has 12 nitrogen and oxygen atoms in total. The predicted octanol–water partition coefficient (Wildman–Crippen LogP) is 0.545. The SMILES string of the molecule is NC(N)=NC1=C2/C=C/C(=O)OC3C=CC(CCC(=O)N[C@@H](CC(=O)O)C(=O)O)=C/C3=C\OC2CC=C1. The number of hydrogen-bond acceptors (Lipinski definition) is 7. The van der Waals surface area contributed by atoms with Crippen LogP contribution in [0, 0.1) is 0 Å². The van der Waals surface area contributed by atoms with E-state index in [9.17, 15) is 19.2 Å². The van der Waals surface area contributed by atoms with Crippen molar-refractivity contribution >= 4 is 29.8 Å². The highest BCUT2D eigenvalue weighted by Gasteiger charge is 2.25. The predicted molar refractivity (Wildman–Crippen MR) is 127 cm³/mol. The highest BCUT2D eigenvalue weighted by molar-refractivity contribution is 5.87. The standard InChI is InChI=1S/C24H26N4O8/c25-24(26)28-16-2-1-3-19-15(16)6-9-22(32)36-18-7-4-13(10-14(18)12-35-19)5-8-20(29)27-17(23(33)34)11-21(30)31/h1-2,4,6-7,9-10,12,17-19H,3,5,8,11H2,(H,27,29)(H,30,31)(H,33,34)(H4,25,26,28)/b9-6+,14-12+/t17-,18?,19?/m0/s1. The third-order valence-electron chi connectivity index (χ3n) is 5.35. The Bertz CT molecular complexity index is 1150. The van der Waals surface area contributed by atoms with Gasteiger partial charge >= 0.3 is 17.9 Å². The first-order valence-corrected chi connectivity index (χ1v) is 11.0. The molecule has 3 atom stereocenters. The van der Waals surface area contributed by atoms with Gasteiger partial charge in [-0.3, -0.25) is 9.59 Å². The topological polar surface area (TPSA) is 204 Å². The molecule has 0 spiro atoms. The fraction of sp³-hybridized carbons (Fsp3) is 0.292. The molecule has 1 heterocycles. The van der Waals surface area contributed by atoms with Gasteiger partial charge in [0.2, 0.25) is 5.91 Å². The Hall–Kier alpha value is -4.61. The molecule has 0 saturated carbocycles. The third kappa shape index (κ3) is 7.19. The number of nitrogens with two attached hydrogens (primary N) is 2. The minimum Gasteiger partial charge on any atom is -0.492 e. The first-order valence-electron chi connectivity index (χ1n) is 11.0. The van der Waals surface area contributed by atoms with Gasteiger partial charge in [0.15, 0.2) is 5.96 Å². The molecule has 0 radical (unpaired) electrons. The summed E-state index contributed by atoms with van der Waals surface area (Å²) in [6, 6.07) is -1.52. The van der Waals surface area contributed by atoms with Crippen molar-refractivity contribution in [3.63, 3.8) is 0 Å². The van der Waals surface area contributed by atoms with Gasteiger partial charge in [0.25, 0.3) is 0 Å². The van der Waals surface area contributed by atoms with E-state index in [0.717, 1.165) is 0 Å². The molecule has 3 aliphatic rings. The molecule has 190 valence electrons. The molecule has 0 saturated heterocycles. The Morgan fingerprint density at radius 2 is 1.94 bits per heavy atom. The summed E-state index contributed by atoms with van der Waals surface area (Å²) < 4.78 is 11.5. The van der Waals surface area contributed by atoms with Crippen LogP contribution in [-0.2, 0) is 28.7 Å². The van der Waals surface area contributed by atoms with Crippen molar-refractivity contribution in [2.75, 3.05) is 0 Å². The molecular formula is C24H26N4O8. The number of fused-ring (bicyclic) bond motifs is 2. The van der Waals surface area contributed by atoms with Gasteiger partial charge in [0, 0.05) is 30.1 Å². The summed E-state index contributed by atoms with van der Waals surface area (Å²) in [7, 11) is 0. The minimum absolute atomic E-state index is 0.0803. The van der Waals surface area contributed by atoms with Crippen LogP contribution >= 0.6 is 0 Å². The van der Waals surface area contributed by atoms with E-state index in [-0.39, 0.29) is 18.8 Å². The van der Waals surface area contributed by atoms with Crippen molar-refractivity contribution in [2.24, 2.45) is 16.5 Å². The largest absolute Gasteiger partial charge is 0.492 e. The van der Waals surface area contributed by atoms with E-state index in [1.165, 1.54) is 12.3 Å². The number of guanidine groups is 1. The van der Waals surface area contributed by atoms with Gasteiger partial charge in [-0.05, 0) is 36.3 Å². The van der Waals surface area contributed by atoms with Crippen LogP contribution in [0.1, 0.15) is 25.7 Å². The lowest BCUT2D eigenvalue weighted by Crippen LogP contribution is -2.42. The Morgan fingerprint density at radius 3 is 2.64 bits per heavy atom. The van der Waals surface area contributed by atoms with Crippen molar-refractivity contribution in [1.82, 2.24) is 5.32 Å². The number of carboxylic acid groups (broad SMARTS) is 2. The maximum atomic E-state index is 12.4. The zero-order chi connectivity index (χ0) is 26.2. The summed E-state index contributed by atoms with van der Waals surface area (Å²) in [4.78, 5) is 50.6. The van der Waals surface area contributed by atoms with E-state index in [2.05, 4.69) is 10.3 Å². The second-order valence-corrected chi connectivity index (χ2v) is 8.08. The van der Waals surface area contributed by atoms with E-state index in [1.807, 2.05) is 6.08 Å². The Labute approximate surface area is 206 Å². The lowest BCUT2D eigenvalue weighted by molar-refractivity contribution is -0.147. The first-order chi connectivity index (χ1) is 17.1. The average molecular weight is 498 g/mol. The zero-order valence-corrected chi connectivity index (χ0v) is 19.1. The molecule has 0 aromatic heterocycles. The lowest BCUT2D eigenvalue weighted by atomic mass is 9.96. The molecule has 7 N–H and O–H groups in total. The Kier molecular flexibility index (Phi) is 8.44. The van der Waals surface area contributed by atoms with Gasteiger partial charge in [-0.15, -0.1) is 0 Å². The van der Waals surface area contributed by atoms with Crippen LogP contribution in [0.5, 0.6) is 0 Å². The van der Waals surface area contributed by atoms with Crippen molar-refractivity contribution in [1.29, 1.82) is 0 Å². The van der Waals surface area contributed by atoms with Crippen LogP contribution in [0.4, 0.5) is 0 Å². The van der Waals surface area contributed by atoms with Crippen LogP contribution < -0.4 is 16.8 Å². The number of esters is 1. The smallest absolute Gasteiger partial charge is 0.331 e. The number of carboxylic acids is 2. The van der Waals surface area contributed by atoms with Gasteiger partial charge in [-0.1, -0.05) is 12.2 Å². The molecule has 2 aliphatic carbocycles. The summed E-state index contributed by atoms with van der Waals surface area (Å²) in [6.45, 7) is 0. The van der Waals surface area contributed by atoms with Gasteiger partial charge in [0.05, 0.1) is 18.4 Å². The highest BCUT2D eigenvalue weighted by atomic mass is 16.5. The zero-order valence-electron chi connectivity index (χ0n) is 19.1. The lowest BCUT2D eigenvalue weighted by Gasteiger charge is -2.25.